The second-order valence-electron chi connectivity index (χ2n) is 6.76. The van der Waals surface area contributed by atoms with Crippen molar-refractivity contribution in [3.63, 3.8) is 0 Å². The smallest absolute Gasteiger partial charge is 0.305 e. The highest BCUT2D eigenvalue weighted by atomic mass is 32.1. The lowest BCUT2D eigenvalue weighted by atomic mass is 10.0. The molecule has 0 bridgehead atoms. The molecule has 1 unspecified atom stereocenters. The van der Waals surface area contributed by atoms with E-state index in [0.717, 1.165) is 36.3 Å². The summed E-state index contributed by atoms with van der Waals surface area (Å²) in [5, 5.41) is 4.02. The first-order valence-electron chi connectivity index (χ1n) is 9.69. The zero-order chi connectivity index (χ0) is 19.1. The fourth-order valence-corrected chi connectivity index (χ4v) is 4.56. The fraction of sp³-hybridized carbons (Fsp3) is 0.550. The van der Waals surface area contributed by atoms with E-state index in [1.54, 1.807) is 18.3 Å². The Hall–Kier alpha value is -1.99. The number of thiazole rings is 1. The number of carbonyl (C=O) groups excluding carboxylic acids is 2. The van der Waals surface area contributed by atoms with Gasteiger partial charge in [0.2, 0.25) is 5.91 Å². The number of likely N-dealkylation sites (tertiary alicyclic amines) is 1. The Morgan fingerprint density at radius 1 is 1.33 bits per heavy atom. The van der Waals surface area contributed by atoms with Crippen molar-refractivity contribution in [2.24, 2.45) is 0 Å². The van der Waals surface area contributed by atoms with Crippen LogP contribution < -0.4 is 5.32 Å². The van der Waals surface area contributed by atoms with Gasteiger partial charge >= 0.3 is 5.97 Å². The number of para-hydroxylation sites is 1. The Balaban J connectivity index is 1.52. The summed E-state index contributed by atoms with van der Waals surface area (Å²) in [6, 6.07) is 8.39. The molecule has 0 saturated carbocycles. The van der Waals surface area contributed by atoms with Gasteiger partial charge in [-0.05, 0) is 44.9 Å². The van der Waals surface area contributed by atoms with Gasteiger partial charge in [-0.2, -0.15) is 0 Å². The maximum atomic E-state index is 12.3. The number of nitrogens with zero attached hydrogens (tertiary/aromatic N) is 2. The average molecular weight is 390 g/mol. The third kappa shape index (κ3) is 5.49. The van der Waals surface area contributed by atoms with Crippen molar-refractivity contribution >= 4 is 33.4 Å². The second kappa shape index (κ2) is 9.80. The summed E-state index contributed by atoms with van der Waals surface area (Å²) in [5.41, 5.74) is 1.03. The molecule has 2 aromatic rings. The van der Waals surface area contributed by atoms with E-state index in [4.69, 9.17) is 9.72 Å². The largest absolute Gasteiger partial charge is 0.466 e. The molecular weight excluding hydrogens is 362 g/mol. The van der Waals surface area contributed by atoms with Crippen LogP contribution in [0.2, 0.25) is 0 Å². The molecule has 7 heteroatoms. The summed E-state index contributed by atoms with van der Waals surface area (Å²) in [7, 11) is 0. The number of esters is 1. The molecule has 0 aliphatic carbocycles. The van der Waals surface area contributed by atoms with Crippen LogP contribution in [0, 0.1) is 0 Å². The van der Waals surface area contributed by atoms with Crippen LogP contribution in [-0.2, 0) is 14.3 Å². The molecule has 2 heterocycles. The number of fused-ring (bicyclic) bond motifs is 1. The van der Waals surface area contributed by atoms with Gasteiger partial charge in [-0.1, -0.05) is 18.6 Å². The number of hydrogen-bond acceptors (Lipinski definition) is 6. The van der Waals surface area contributed by atoms with Crippen molar-refractivity contribution < 1.29 is 14.3 Å². The van der Waals surface area contributed by atoms with Crippen LogP contribution in [-0.4, -0.2) is 48.0 Å². The number of piperidine rings is 1. The molecular formula is C20H27N3O3S. The first kappa shape index (κ1) is 19.8. The van der Waals surface area contributed by atoms with Gasteiger partial charge in [0.25, 0.3) is 0 Å². The number of hydrogen-bond donors (Lipinski definition) is 1. The van der Waals surface area contributed by atoms with Crippen LogP contribution in [0.15, 0.2) is 24.3 Å². The van der Waals surface area contributed by atoms with E-state index in [1.165, 1.54) is 4.70 Å². The van der Waals surface area contributed by atoms with Gasteiger partial charge < -0.3 is 10.1 Å². The lowest BCUT2D eigenvalue weighted by molar-refractivity contribution is -0.143. The third-order valence-corrected chi connectivity index (χ3v) is 5.88. The Morgan fingerprint density at radius 2 is 2.19 bits per heavy atom. The summed E-state index contributed by atoms with van der Waals surface area (Å²) in [6.45, 7) is 3.97. The fourth-order valence-electron chi connectivity index (χ4n) is 3.43. The maximum absolute atomic E-state index is 12.3. The highest BCUT2D eigenvalue weighted by molar-refractivity contribution is 7.18. The van der Waals surface area contributed by atoms with Crippen molar-refractivity contribution in [1.82, 2.24) is 15.2 Å². The number of nitrogens with one attached hydrogen (secondary N) is 1. The normalized spacial score (nSPS) is 17.7. The molecule has 146 valence electrons. The molecule has 1 aliphatic heterocycles. The predicted octanol–water partition coefficient (Wildman–Crippen LogP) is 3.28. The quantitative estimate of drug-likeness (QED) is 0.554. The number of carbonyl (C=O) groups is 2. The van der Waals surface area contributed by atoms with Crippen molar-refractivity contribution in [2.75, 3.05) is 26.2 Å². The summed E-state index contributed by atoms with van der Waals surface area (Å²) in [5.74, 6) is -0.203. The molecule has 27 heavy (non-hydrogen) atoms. The van der Waals surface area contributed by atoms with E-state index in [1.807, 2.05) is 18.2 Å². The Labute approximate surface area is 163 Å². The topological polar surface area (TPSA) is 71.5 Å². The van der Waals surface area contributed by atoms with Crippen molar-refractivity contribution in [2.45, 2.75) is 45.1 Å². The van der Waals surface area contributed by atoms with Crippen LogP contribution in [0.4, 0.5) is 0 Å². The summed E-state index contributed by atoms with van der Waals surface area (Å²) >= 11 is 1.73. The van der Waals surface area contributed by atoms with E-state index in [-0.39, 0.29) is 17.9 Å². The molecule has 1 aromatic carbocycles. The van der Waals surface area contributed by atoms with Gasteiger partial charge in [0.15, 0.2) is 0 Å². The molecule has 1 N–H and O–H groups in total. The number of aromatic nitrogens is 1. The van der Waals surface area contributed by atoms with Crippen molar-refractivity contribution in [1.29, 1.82) is 0 Å². The standard InChI is InChI=1S/C20H27N3O3S/c1-2-26-19(25)11-7-12-21-18(24)14-23-13-6-5-9-16(23)20-22-15-8-3-4-10-17(15)27-20/h3-4,8,10,16H,2,5-7,9,11-14H2,1H3,(H,21,24). The molecule has 1 saturated heterocycles. The summed E-state index contributed by atoms with van der Waals surface area (Å²) in [6.07, 6.45) is 4.25. The first-order valence-corrected chi connectivity index (χ1v) is 10.5. The van der Waals surface area contributed by atoms with Gasteiger partial charge in [0.05, 0.1) is 29.4 Å². The molecule has 0 spiro atoms. The Kier molecular flexibility index (Phi) is 7.18. The highest BCUT2D eigenvalue weighted by Crippen LogP contribution is 2.35. The molecule has 1 amide bonds. The van der Waals surface area contributed by atoms with Gasteiger partial charge in [0.1, 0.15) is 5.01 Å². The Bertz CT molecular complexity index is 744. The summed E-state index contributed by atoms with van der Waals surface area (Å²) in [4.78, 5) is 30.7. The second-order valence-corrected chi connectivity index (χ2v) is 7.82. The van der Waals surface area contributed by atoms with Crippen LogP contribution in [0.25, 0.3) is 10.2 Å². The lowest BCUT2D eigenvalue weighted by Gasteiger charge is -2.33. The molecule has 1 fully saturated rings. The minimum absolute atomic E-state index is 0.00636. The molecule has 1 atom stereocenters. The van der Waals surface area contributed by atoms with Crippen molar-refractivity contribution in [3.8, 4) is 0 Å². The molecule has 1 aromatic heterocycles. The number of benzene rings is 1. The van der Waals surface area contributed by atoms with Crippen LogP contribution in [0.3, 0.4) is 0 Å². The SMILES string of the molecule is CCOC(=O)CCCNC(=O)CN1CCCCC1c1nc2ccccc2s1. The first-order chi connectivity index (χ1) is 13.2. The van der Waals surface area contributed by atoms with Crippen LogP contribution in [0.1, 0.15) is 50.1 Å². The zero-order valence-electron chi connectivity index (χ0n) is 15.8. The molecule has 6 nitrogen and oxygen atoms in total. The zero-order valence-corrected chi connectivity index (χ0v) is 16.6. The molecule has 0 radical (unpaired) electrons. The Morgan fingerprint density at radius 3 is 3.00 bits per heavy atom. The minimum Gasteiger partial charge on any atom is -0.466 e. The van der Waals surface area contributed by atoms with E-state index in [0.29, 0.717) is 32.5 Å². The van der Waals surface area contributed by atoms with E-state index in [2.05, 4.69) is 16.3 Å². The van der Waals surface area contributed by atoms with Gasteiger partial charge in [-0.25, -0.2) is 4.98 Å². The molecule has 1 aliphatic rings. The number of ether oxygens (including phenoxy) is 1. The van der Waals surface area contributed by atoms with Crippen molar-refractivity contribution in [3.05, 3.63) is 29.3 Å². The minimum atomic E-state index is -0.210. The lowest BCUT2D eigenvalue weighted by Crippen LogP contribution is -2.41. The molecule has 3 rings (SSSR count). The van der Waals surface area contributed by atoms with Gasteiger partial charge in [0, 0.05) is 13.0 Å². The van der Waals surface area contributed by atoms with Crippen LogP contribution >= 0.6 is 11.3 Å². The third-order valence-electron chi connectivity index (χ3n) is 4.74. The van der Waals surface area contributed by atoms with Crippen LogP contribution in [0.5, 0.6) is 0 Å². The average Bonchev–Trinajstić information content (AvgIpc) is 3.10. The van der Waals surface area contributed by atoms with E-state index < -0.39 is 0 Å². The van der Waals surface area contributed by atoms with E-state index in [9.17, 15) is 9.59 Å². The monoisotopic (exact) mass is 389 g/mol. The number of rotatable bonds is 8. The number of amides is 1. The predicted molar refractivity (Wildman–Crippen MR) is 107 cm³/mol. The highest BCUT2D eigenvalue weighted by Gasteiger charge is 2.28. The summed E-state index contributed by atoms with van der Waals surface area (Å²) < 4.78 is 6.09. The van der Waals surface area contributed by atoms with Gasteiger partial charge in [-0.3, -0.25) is 14.5 Å². The van der Waals surface area contributed by atoms with E-state index >= 15 is 0 Å². The van der Waals surface area contributed by atoms with Gasteiger partial charge in [-0.15, -0.1) is 11.3 Å². The maximum Gasteiger partial charge on any atom is 0.305 e.